The molecule has 3 aromatic rings. The van der Waals surface area contributed by atoms with Crippen LogP contribution in [0.2, 0.25) is 0 Å². The highest BCUT2D eigenvalue weighted by molar-refractivity contribution is 6.16. The lowest BCUT2D eigenvalue weighted by Crippen LogP contribution is -2.42. The van der Waals surface area contributed by atoms with Crippen LogP contribution in [0.4, 0.5) is 0 Å². The Bertz CT molecular complexity index is 960. The fourth-order valence-corrected chi connectivity index (χ4v) is 3.09. The second kappa shape index (κ2) is 8.77. The molecule has 0 heterocycles. The molecular weight excluding hydrogens is 364 g/mol. The van der Waals surface area contributed by atoms with Crippen LogP contribution in [0.3, 0.4) is 0 Å². The third kappa shape index (κ3) is 4.34. The van der Waals surface area contributed by atoms with Gasteiger partial charge in [0.05, 0.1) is 5.56 Å². The zero-order chi connectivity index (χ0) is 18.7. The lowest BCUT2D eigenvalue weighted by atomic mass is 9.90. The van der Waals surface area contributed by atoms with Gasteiger partial charge in [-0.15, -0.1) is 12.4 Å². The largest absolute Gasteiger partial charge is 0.383 e. The van der Waals surface area contributed by atoms with Crippen molar-refractivity contribution in [3.05, 3.63) is 83.4 Å². The molecule has 0 unspecified atom stereocenters. The number of hydrogen-bond donors (Lipinski definition) is 3. The van der Waals surface area contributed by atoms with Crippen molar-refractivity contribution in [3.8, 4) is 0 Å². The summed E-state index contributed by atoms with van der Waals surface area (Å²) in [5.74, 6) is -1.32. The number of ketones is 1. The first-order valence-corrected chi connectivity index (χ1v) is 8.32. The minimum atomic E-state index is -1.44. The Kier molecular flexibility index (Phi) is 6.69. The van der Waals surface area contributed by atoms with Gasteiger partial charge in [0.25, 0.3) is 0 Å². The number of rotatable bonds is 6. The van der Waals surface area contributed by atoms with Crippen LogP contribution in [0.25, 0.3) is 10.8 Å². The second-order valence-corrected chi connectivity index (χ2v) is 6.24. The van der Waals surface area contributed by atoms with Gasteiger partial charge < -0.3 is 16.6 Å². The summed E-state index contributed by atoms with van der Waals surface area (Å²) < 4.78 is 0. The number of carbonyl (C=O) groups excluding carboxylic acids is 2. The zero-order valence-electron chi connectivity index (χ0n) is 14.5. The van der Waals surface area contributed by atoms with Crippen molar-refractivity contribution < 1.29 is 14.7 Å². The van der Waals surface area contributed by atoms with Crippen molar-refractivity contribution in [2.45, 2.75) is 18.6 Å². The van der Waals surface area contributed by atoms with Gasteiger partial charge in [0.1, 0.15) is 6.10 Å². The van der Waals surface area contributed by atoms with Crippen molar-refractivity contribution in [3.63, 3.8) is 0 Å². The van der Waals surface area contributed by atoms with Gasteiger partial charge in [0.15, 0.2) is 5.78 Å². The number of primary amides is 1. The van der Waals surface area contributed by atoms with Gasteiger partial charge >= 0.3 is 0 Å². The first kappa shape index (κ1) is 20.6. The summed E-state index contributed by atoms with van der Waals surface area (Å²) >= 11 is 0. The summed E-state index contributed by atoms with van der Waals surface area (Å²) in [5.41, 5.74) is 12.7. The number of aliphatic hydroxyl groups is 1. The number of aliphatic hydroxyl groups excluding tert-OH is 1. The molecule has 0 aliphatic rings. The number of nitrogens with two attached hydrogens (primary N) is 2. The molecule has 3 rings (SSSR count). The van der Waals surface area contributed by atoms with Crippen LogP contribution in [0.15, 0.2) is 66.7 Å². The summed E-state index contributed by atoms with van der Waals surface area (Å²) in [7, 11) is 0. The lowest BCUT2D eigenvalue weighted by molar-refractivity contribution is 0.0690. The van der Waals surface area contributed by atoms with Gasteiger partial charge in [-0.05, 0) is 28.8 Å². The van der Waals surface area contributed by atoms with E-state index in [2.05, 4.69) is 0 Å². The summed E-state index contributed by atoms with van der Waals surface area (Å²) in [5, 5.41) is 11.8. The predicted octanol–water partition coefficient (Wildman–Crippen LogP) is 2.47. The number of carbonyl (C=O) groups is 2. The normalized spacial score (nSPS) is 12.8. The molecule has 6 heteroatoms. The van der Waals surface area contributed by atoms with Crippen molar-refractivity contribution >= 4 is 34.9 Å². The van der Waals surface area contributed by atoms with E-state index in [9.17, 15) is 14.7 Å². The maximum Gasteiger partial charge on any atom is 0.250 e. The van der Waals surface area contributed by atoms with Crippen LogP contribution >= 0.6 is 12.4 Å². The first-order chi connectivity index (χ1) is 12.5. The van der Waals surface area contributed by atoms with Gasteiger partial charge in [-0.3, -0.25) is 9.59 Å². The minimum absolute atomic E-state index is 0. The van der Waals surface area contributed by atoms with E-state index in [4.69, 9.17) is 11.5 Å². The van der Waals surface area contributed by atoms with E-state index in [1.54, 1.807) is 18.2 Å². The molecular formula is C21H21ClN2O3. The molecule has 140 valence electrons. The minimum Gasteiger partial charge on any atom is -0.383 e. The van der Waals surface area contributed by atoms with Gasteiger partial charge in [-0.1, -0.05) is 60.7 Å². The van der Waals surface area contributed by atoms with Gasteiger partial charge in [-0.2, -0.15) is 0 Å². The fourth-order valence-electron chi connectivity index (χ4n) is 3.09. The van der Waals surface area contributed by atoms with Gasteiger partial charge in [0.2, 0.25) is 5.91 Å². The quantitative estimate of drug-likeness (QED) is 0.567. The molecule has 0 fully saturated rings. The van der Waals surface area contributed by atoms with E-state index < -0.39 is 23.8 Å². The van der Waals surface area contributed by atoms with Crippen LogP contribution in [0.1, 0.15) is 26.3 Å². The van der Waals surface area contributed by atoms with Crippen LogP contribution < -0.4 is 11.5 Å². The average Bonchev–Trinajstić information content (AvgIpc) is 2.66. The summed E-state index contributed by atoms with van der Waals surface area (Å²) in [4.78, 5) is 24.8. The standard InChI is InChI=1S/C21H20N2O3.ClH/c22-17(12-13-6-2-1-3-7-13)20(25)19(24)16-11-10-14-8-4-5-9-15(14)18(16)21(23)26;/h1-11,17,20,25H,12,22H2,(H2,23,26);1H/t17-,20+;/m1./s1. The Morgan fingerprint density at radius 3 is 2.22 bits per heavy atom. The Labute approximate surface area is 163 Å². The second-order valence-electron chi connectivity index (χ2n) is 6.24. The van der Waals surface area contributed by atoms with Crippen molar-refractivity contribution in [1.29, 1.82) is 0 Å². The number of fused-ring (bicyclic) bond motifs is 1. The van der Waals surface area contributed by atoms with Crippen molar-refractivity contribution in [2.24, 2.45) is 11.5 Å². The smallest absolute Gasteiger partial charge is 0.250 e. The molecule has 0 aromatic heterocycles. The molecule has 0 saturated carbocycles. The number of benzene rings is 3. The molecule has 0 aliphatic heterocycles. The summed E-state index contributed by atoms with van der Waals surface area (Å²) in [6, 6.07) is 19.0. The number of hydrogen-bond acceptors (Lipinski definition) is 4. The van der Waals surface area contributed by atoms with Gasteiger partial charge in [-0.25, -0.2) is 0 Å². The Balaban J connectivity index is 0.00000261. The molecule has 0 spiro atoms. The summed E-state index contributed by atoms with van der Waals surface area (Å²) in [6.07, 6.45) is -1.10. The molecule has 27 heavy (non-hydrogen) atoms. The average molecular weight is 385 g/mol. The summed E-state index contributed by atoms with van der Waals surface area (Å²) in [6.45, 7) is 0. The predicted molar refractivity (Wildman–Crippen MR) is 108 cm³/mol. The van der Waals surface area contributed by atoms with Crippen molar-refractivity contribution in [2.75, 3.05) is 0 Å². The monoisotopic (exact) mass is 384 g/mol. The van der Waals surface area contributed by atoms with E-state index >= 15 is 0 Å². The zero-order valence-corrected chi connectivity index (χ0v) is 15.4. The Morgan fingerprint density at radius 2 is 1.56 bits per heavy atom. The van der Waals surface area contributed by atoms with Gasteiger partial charge in [0, 0.05) is 11.6 Å². The van der Waals surface area contributed by atoms with E-state index in [1.165, 1.54) is 6.07 Å². The molecule has 3 aromatic carbocycles. The Hall–Kier alpha value is -2.73. The topological polar surface area (TPSA) is 106 Å². The van der Waals surface area contributed by atoms with Crippen molar-refractivity contribution in [1.82, 2.24) is 0 Å². The molecule has 0 aliphatic carbocycles. The highest BCUT2D eigenvalue weighted by Gasteiger charge is 2.28. The SMILES string of the molecule is Cl.NC(=O)c1c(C(=O)[C@@H](O)[C@H](N)Cc2ccccc2)ccc2ccccc12. The van der Waals surface area contributed by atoms with E-state index in [0.717, 1.165) is 10.9 Å². The molecule has 0 bridgehead atoms. The lowest BCUT2D eigenvalue weighted by Gasteiger charge is -2.19. The third-order valence-corrected chi connectivity index (χ3v) is 4.43. The fraction of sp³-hybridized carbons (Fsp3) is 0.143. The molecule has 0 saturated heterocycles. The van der Waals surface area contributed by atoms with Crippen LogP contribution in [0.5, 0.6) is 0 Å². The number of Topliss-reactive ketones (excluding diaryl/α,β-unsaturated/α-hetero) is 1. The molecule has 5 N–H and O–H groups in total. The highest BCUT2D eigenvalue weighted by atomic mass is 35.5. The highest BCUT2D eigenvalue weighted by Crippen LogP contribution is 2.24. The van der Waals surface area contributed by atoms with E-state index in [1.807, 2.05) is 42.5 Å². The molecule has 5 nitrogen and oxygen atoms in total. The molecule has 0 radical (unpaired) electrons. The van der Waals surface area contributed by atoms with E-state index in [-0.39, 0.29) is 23.5 Å². The van der Waals surface area contributed by atoms with Crippen LogP contribution in [-0.4, -0.2) is 28.9 Å². The first-order valence-electron chi connectivity index (χ1n) is 8.32. The number of amides is 1. The van der Waals surface area contributed by atoms with Crippen LogP contribution in [-0.2, 0) is 6.42 Å². The molecule has 2 atom stereocenters. The van der Waals surface area contributed by atoms with E-state index in [0.29, 0.717) is 11.8 Å². The molecule has 1 amide bonds. The maximum absolute atomic E-state index is 12.8. The Morgan fingerprint density at radius 1 is 0.926 bits per heavy atom. The third-order valence-electron chi connectivity index (χ3n) is 4.43. The maximum atomic E-state index is 12.8. The number of halogens is 1. The van der Waals surface area contributed by atoms with Crippen LogP contribution in [0, 0.1) is 0 Å².